The molecule has 3 heterocycles. The van der Waals surface area contributed by atoms with Crippen LogP contribution in [0.1, 0.15) is 24.4 Å². The average Bonchev–Trinajstić information content (AvgIpc) is 3.42. The molecule has 1 aliphatic rings. The minimum absolute atomic E-state index is 0.0270. The van der Waals surface area contributed by atoms with Crippen molar-refractivity contribution in [3.8, 4) is 0 Å². The number of imidazole rings is 1. The molecule has 4 rings (SSSR count). The summed E-state index contributed by atoms with van der Waals surface area (Å²) in [5, 5.41) is 3.04. The number of nitrogens with one attached hydrogen (secondary N) is 2. The van der Waals surface area contributed by atoms with Crippen molar-refractivity contribution in [2.45, 2.75) is 25.4 Å². The molecule has 9 heteroatoms. The van der Waals surface area contributed by atoms with E-state index in [1.165, 1.54) is 45.8 Å². The number of carbonyl (C=O) groups excluding carboxylic acids is 1. The van der Waals surface area contributed by atoms with E-state index in [0.717, 1.165) is 17.7 Å². The second-order valence-corrected chi connectivity index (χ2v) is 7.88. The maximum atomic E-state index is 12.7. The maximum Gasteiger partial charge on any atom is 0.332 e. The van der Waals surface area contributed by atoms with E-state index in [1.807, 2.05) is 18.2 Å². The molecule has 0 aliphatic carbocycles. The van der Waals surface area contributed by atoms with Crippen LogP contribution in [0.2, 0.25) is 0 Å². The molecule has 0 spiro atoms. The van der Waals surface area contributed by atoms with Gasteiger partial charge in [-0.2, -0.15) is 0 Å². The molecule has 158 valence electrons. The number of hydrogen-bond donors (Lipinski definition) is 2. The zero-order chi connectivity index (χ0) is 21.3. The van der Waals surface area contributed by atoms with Gasteiger partial charge in [0.15, 0.2) is 11.2 Å². The number of benzene rings is 1. The molecule has 2 N–H and O–H groups in total. The lowest BCUT2D eigenvalue weighted by molar-refractivity contribution is -0.918. The van der Waals surface area contributed by atoms with Crippen molar-refractivity contribution in [1.29, 1.82) is 0 Å². The van der Waals surface area contributed by atoms with Gasteiger partial charge in [-0.3, -0.25) is 18.7 Å². The Morgan fingerprint density at radius 2 is 1.83 bits per heavy atom. The molecule has 0 unspecified atom stereocenters. The number of hydrogen-bond acceptors (Lipinski definition) is 4. The Morgan fingerprint density at radius 1 is 1.13 bits per heavy atom. The smallest absolute Gasteiger partial charge is 0.332 e. The normalized spacial score (nSPS) is 15.5. The summed E-state index contributed by atoms with van der Waals surface area (Å²) in [6, 6.07) is 10.5. The highest BCUT2D eigenvalue weighted by molar-refractivity contribution is 5.78. The number of likely N-dealkylation sites (tertiary alicyclic amines) is 1. The summed E-state index contributed by atoms with van der Waals surface area (Å²) in [5.74, 6) is -0.190. The first-order valence-corrected chi connectivity index (χ1v) is 10.2. The zero-order valence-corrected chi connectivity index (χ0v) is 17.3. The highest BCUT2D eigenvalue weighted by Gasteiger charge is 2.27. The van der Waals surface area contributed by atoms with E-state index in [0.29, 0.717) is 6.54 Å². The topological polar surface area (TPSA) is 95.4 Å². The number of aryl methyl sites for hydroxylation is 1. The highest BCUT2D eigenvalue weighted by Crippen LogP contribution is 2.11. The predicted octanol–water partition coefficient (Wildman–Crippen LogP) is -1.03. The van der Waals surface area contributed by atoms with Crippen LogP contribution in [-0.4, -0.2) is 44.2 Å². The van der Waals surface area contributed by atoms with Crippen LogP contribution in [0, 0.1) is 0 Å². The largest absolute Gasteiger partial charge is 0.348 e. The summed E-state index contributed by atoms with van der Waals surface area (Å²) in [6.07, 6.45) is 3.84. The molecule has 0 radical (unpaired) electrons. The maximum absolute atomic E-state index is 12.7. The first-order valence-electron chi connectivity index (χ1n) is 10.2. The van der Waals surface area contributed by atoms with E-state index in [1.54, 1.807) is 7.05 Å². The number of rotatable bonds is 6. The molecule has 0 bridgehead atoms. The van der Waals surface area contributed by atoms with Crippen LogP contribution in [0.25, 0.3) is 11.2 Å². The van der Waals surface area contributed by atoms with Crippen molar-refractivity contribution in [1.82, 2.24) is 24.0 Å². The van der Waals surface area contributed by atoms with Gasteiger partial charge in [0.05, 0.1) is 26.0 Å². The Hall–Kier alpha value is -3.20. The first kappa shape index (κ1) is 20.1. The summed E-state index contributed by atoms with van der Waals surface area (Å²) >= 11 is 0. The first-order chi connectivity index (χ1) is 14.5. The third kappa shape index (κ3) is 3.68. The fourth-order valence-electron chi connectivity index (χ4n) is 4.30. The van der Waals surface area contributed by atoms with Gasteiger partial charge in [-0.25, -0.2) is 9.78 Å². The Labute approximate surface area is 173 Å². The van der Waals surface area contributed by atoms with E-state index in [2.05, 4.69) is 22.4 Å². The summed E-state index contributed by atoms with van der Waals surface area (Å²) < 4.78 is 3.85. The summed E-state index contributed by atoms with van der Waals surface area (Å²) in [4.78, 5) is 43.0. The molecule has 1 saturated heterocycles. The number of quaternary nitrogens is 1. The van der Waals surface area contributed by atoms with E-state index >= 15 is 0 Å². The van der Waals surface area contributed by atoms with E-state index in [4.69, 9.17) is 0 Å². The Balaban J connectivity index is 1.52. The summed E-state index contributed by atoms with van der Waals surface area (Å²) in [5.41, 5.74) is 0.842. The average molecular weight is 411 g/mol. The minimum Gasteiger partial charge on any atom is -0.348 e. The lowest BCUT2D eigenvalue weighted by Gasteiger charge is -2.25. The van der Waals surface area contributed by atoms with Gasteiger partial charge < -0.3 is 14.8 Å². The van der Waals surface area contributed by atoms with Gasteiger partial charge >= 0.3 is 5.69 Å². The monoisotopic (exact) mass is 411 g/mol. The van der Waals surface area contributed by atoms with Crippen molar-refractivity contribution >= 4 is 17.1 Å². The van der Waals surface area contributed by atoms with Gasteiger partial charge in [0.1, 0.15) is 12.6 Å². The van der Waals surface area contributed by atoms with Crippen molar-refractivity contribution in [2.75, 3.05) is 19.6 Å². The molecule has 1 fully saturated rings. The van der Waals surface area contributed by atoms with Crippen LogP contribution < -0.4 is 21.5 Å². The minimum atomic E-state index is -0.456. The van der Waals surface area contributed by atoms with Crippen molar-refractivity contribution in [3.63, 3.8) is 0 Å². The van der Waals surface area contributed by atoms with E-state index < -0.39 is 11.2 Å². The second-order valence-electron chi connectivity index (χ2n) is 7.88. The van der Waals surface area contributed by atoms with Crippen LogP contribution >= 0.6 is 0 Å². The second kappa shape index (κ2) is 8.27. The number of amides is 1. The summed E-state index contributed by atoms with van der Waals surface area (Å²) in [7, 11) is 2.98. The Bertz CT molecular complexity index is 1170. The van der Waals surface area contributed by atoms with Crippen LogP contribution in [0.3, 0.4) is 0 Å². The highest BCUT2D eigenvalue weighted by atomic mass is 16.2. The third-order valence-electron chi connectivity index (χ3n) is 5.98. The number of aromatic nitrogens is 4. The Morgan fingerprint density at radius 3 is 2.53 bits per heavy atom. The predicted molar refractivity (Wildman–Crippen MR) is 112 cm³/mol. The Kier molecular flexibility index (Phi) is 5.54. The van der Waals surface area contributed by atoms with Gasteiger partial charge in [-0.15, -0.1) is 0 Å². The van der Waals surface area contributed by atoms with Crippen molar-refractivity contribution in [3.05, 3.63) is 63.1 Å². The zero-order valence-electron chi connectivity index (χ0n) is 17.3. The molecule has 1 atom stereocenters. The van der Waals surface area contributed by atoms with Crippen molar-refractivity contribution in [2.24, 2.45) is 14.1 Å². The molecule has 2 aromatic heterocycles. The molecule has 0 saturated carbocycles. The number of carbonyl (C=O) groups is 1. The molecule has 1 aromatic carbocycles. The van der Waals surface area contributed by atoms with Gasteiger partial charge in [0, 0.05) is 32.5 Å². The SMILES string of the molecule is Cn1c(=O)c2c(ncn2CC(=O)NC[C@H](c2ccccc2)[NH+]2CCCC2)n(C)c1=O. The van der Waals surface area contributed by atoms with Gasteiger partial charge in [-0.05, 0) is 0 Å². The van der Waals surface area contributed by atoms with E-state index in [-0.39, 0.29) is 29.7 Å². The molecule has 3 aromatic rings. The van der Waals surface area contributed by atoms with Crippen molar-refractivity contribution < 1.29 is 9.69 Å². The lowest BCUT2D eigenvalue weighted by atomic mass is 10.1. The molecular formula is C21H27N6O3+. The molecule has 9 nitrogen and oxygen atoms in total. The molecule has 1 aliphatic heterocycles. The lowest BCUT2D eigenvalue weighted by Crippen LogP contribution is -3.11. The fraction of sp³-hybridized carbons (Fsp3) is 0.429. The van der Waals surface area contributed by atoms with Crippen LogP contribution in [-0.2, 0) is 25.4 Å². The quantitative estimate of drug-likeness (QED) is 0.542. The van der Waals surface area contributed by atoms with Gasteiger partial charge in [-0.1, -0.05) is 30.3 Å². The van der Waals surface area contributed by atoms with Gasteiger partial charge in [0.2, 0.25) is 5.91 Å². The third-order valence-corrected chi connectivity index (χ3v) is 5.98. The standard InChI is InChI=1S/C21H26N6O3/c1-24-19-18(20(29)25(2)21(24)30)27(14-23-19)13-17(28)22-12-16(26-10-6-7-11-26)15-8-4-3-5-9-15/h3-5,8-9,14,16H,6-7,10-13H2,1-2H3,(H,22,28)/p+1/t16-/m1/s1. The van der Waals surface area contributed by atoms with Crippen LogP contribution in [0.15, 0.2) is 46.2 Å². The van der Waals surface area contributed by atoms with Crippen LogP contribution in [0.5, 0.6) is 0 Å². The van der Waals surface area contributed by atoms with Crippen LogP contribution in [0.4, 0.5) is 0 Å². The summed E-state index contributed by atoms with van der Waals surface area (Å²) in [6.45, 7) is 2.71. The molecular weight excluding hydrogens is 384 g/mol. The van der Waals surface area contributed by atoms with Gasteiger partial charge in [0.25, 0.3) is 5.56 Å². The number of fused-ring (bicyclic) bond motifs is 1. The molecule has 1 amide bonds. The van der Waals surface area contributed by atoms with E-state index in [9.17, 15) is 14.4 Å². The molecule has 30 heavy (non-hydrogen) atoms. The number of nitrogens with zero attached hydrogens (tertiary/aromatic N) is 4. The fourth-order valence-corrected chi connectivity index (χ4v) is 4.30.